The van der Waals surface area contributed by atoms with Crippen LogP contribution in [-0.2, 0) is 42.2 Å². The van der Waals surface area contributed by atoms with E-state index >= 15 is 0 Å². The second kappa shape index (κ2) is 26.9. The van der Waals surface area contributed by atoms with Gasteiger partial charge in [0.2, 0.25) is 11.4 Å². The first-order valence-electron chi connectivity index (χ1n) is 19.1. The molecule has 0 atom stereocenters. The van der Waals surface area contributed by atoms with E-state index in [9.17, 15) is 5.53 Å². The molecule has 0 unspecified atom stereocenters. The van der Waals surface area contributed by atoms with Gasteiger partial charge in [0.05, 0.1) is 0 Å². The average Bonchev–Trinajstić information content (AvgIpc) is 3.37. The van der Waals surface area contributed by atoms with Crippen LogP contribution < -0.4 is 0 Å². The van der Waals surface area contributed by atoms with Crippen LogP contribution in [0, 0.1) is 13.8 Å². The van der Waals surface area contributed by atoms with Crippen molar-refractivity contribution in [2.24, 2.45) is 0 Å². The smallest absolute Gasteiger partial charge is 0.493 e. The van der Waals surface area contributed by atoms with Gasteiger partial charge in [-0.15, -0.1) is 0 Å². The van der Waals surface area contributed by atoms with Crippen LogP contribution in [0.3, 0.4) is 0 Å². The normalized spacial score (nSPS) is 12.4. The van der Waals surface area contributed by atoms with Crippen molar-refractivity contribution in [1.29, 1.82) is 0 Å². The summed E-state index contributed by atoms with van der Waals surface area (Å²) in [6, 6.07) is 14.4. The van der Waals surface area contributed by atoms with Gasteiger partial charge < -0.3 is 19.4 Å². The number of nitrogens with zero attached hydrogens (tertiary/aromatic N) is 2. The van der Waals surface area contributed by atoms with Gasteiger partial charge in [0, 0.05) is 22.3 Å². The molecule has 2 aromatic rings. The Morgan fingerprint density at radius 1 is 0.426 bits per heavy atom. The predicted molar refractivity (Wildman–Crippen MR) is 206 cm³/mol. The fraction of sp³-hybridized carbons (Fsp3) is 0.591. The monoisotopic (exact) mass is 684 g/mol. The summed E-state index contributed by atoms with van der Waals surface area (Å²) in [4.78, 5) is 0. The van der Waals surface area contributed by atoms with Gasteiger partial charge >= 0.3 is 16.5 Å². The van der Waals surface area contributed by atoms with Gasteiger partial charge in [0.25, 0.3) is 0 Å². The molecule has 0 N–H and O–H groups in total. The standard InChI is InChI=1S/C40H60N2.2C2H5.Ni/c1-7-13-19-31-25-32(20-14-8-2)28-35(27-31)39-37(23-17-11-5)38(24-18-12-6)40(42(39)41)36-29-33(21-15-9-3)26-34(30-36)22-16-10-4;2*1-2;/h25-30H,7-24H2,1-6H3;2*1H2,2H3;/q;2*-1;+2. The van der Waals surface area contributed by atoms with Crippen LogP contribution in [0.2, 0.25) is 0 Å². The minimum absolute atomic E-state index is 0. The molecule has 0 saturated carbocycles. The molecule has 0 fully saturated rings. The van der Waals surface area contributed by atoms with Gasteiger partial charge in [0.15, 0.2) is 0 Å². The van der Waals surface area contributed by atoms with Crippen molar-refractivity contribution in [2.45, 2.75) is 171 Å². The maximum atomic E-state index is 12.3. The molecule has 1 aliphatic heterocycles. The molecule has 1 aliphatic rings. The van der Waals surface area contributed by atoms with E-state index < -0.39 is 0 Å². The predicted octanol–water partition coefficient (Wildman–Crippen LogP) is 14.3. The Hall–Kier alpha value is -1.99. The third kappa shape index (κ3) is 14.2. The molecular formula is C44H70N2Ni. The van der Waals surface area contributed by atoms with E-state index in [1.165, 1.54) is 95.9 Å². The van der Waals surface area contributed by atoms with Gasteiger partial charge in [-0.05, 0) is 124 Å². The van der Waals surface area contributed by atoms with E-state index in [1.807, 2.05) is 0 Å². The minimum atomic E-state index is 0. The second-order valence-corrected chi connectivity index (χ2v) is 12.7. The van der Waals surface area contributed by atoms with Gasteiger partial charge in [-0.3, -0.25) is 0 Å². The Morgan fingerprint density at radius 3 is 0.894 bits per heavy atom. The molecule has 0 bridgehead atoms. The molecule has 0 saturated heterocycles. The van der Waals surface area contributed by atoms with E-state index in [4.69, 9.17) is 0 Å². The van der Waals surface area contributed by atoms with Crippen LogP contribution in [0.25, 0.3) is 16.9 Å². The fourth-order valence-electron chi connectivity index (χ4n) is 6.39. The third-order valence-electron chi connectivity index (χ3n) is 8.85. The van der Waals surface area contributed by atoms with E-state index in [1.54, 1.807) is 18.5 Å². The number of allylic oxidation sites excluding steroid dienone is 2. The molecule has 0 aliphatic carbocycles. The van der Waals surface area contributed by atoms with Crippen molar-refractivity contribution in [3.05, 3.63) is 100 Å². The van der Waals surface area contributed by atoms with Crippen LogP contribution in [0.4, 0.5) is 0 Å². The first-order valence-corrected chi connectivity index (χ1v) is 19.1. The molecule has 3 heteroatoms. The molecule has 0 amide bonds. The number of benzene rings is 2. The first kappa shape index (κ1) is 45.0. The van der Waals surface area contributed by atoms with Crippen LogP contribution in [0.1, 0.15) is 179 Å². The number of hydrogen-bond acceptors (Lipinski definition) is 0. The minimum Gasteiger partial charge on any atom is -0.493 e. The fourth-order valence-corrected chi connectivity index (χ4v) is 6.39. The summed E-state index contributed by atoms with van der Waals surface area (Å²) < 4.78 is 1.63. The molecule has 266 valence electrons. The zero-order chi connectivity index (χ0) is 34.3. The quantitative estimate of drug-likeness (QED) is 0.0753. The molecule has 1 heterocycles. The van der Waals surface area contributed by atoms with Crippen molar-refractivity contribution in [3.8, 4) is 0 Å². The summed E-state index contributed by atoms with van der Waals surface area (Å²) in [6.45, 7) is 23.7. The Labute approximate surface area is 302 Å². The van der Waals surface area contributed by atoms with E-state index in [0.29, 0.717) is 0 Å². The van der Waals surface area contributed by atoms with E-state index in [-0.39, 0.29) is 16.5 Å². The maximum Gasteiger partial charge on any atom is 2.00 e. The topological polar surface area (TPSA) is 25.3 Å². The molecule has 0 spiro atoms. The van der Waals surface area contributed by atoms with Crippen molar-refractivity contribution in [3.63, 3.8) is 0 Å². The van der Waals surface area contributed by atoms with Crippen molar-refractivity contribution in [1.82, 2.24) is 0 Å². The SMILES string of the molecule is CCCCC1=C(c2cc(CCCC)cc(CCCC)c2)[N+](=[N-])C(c2cc(CCCC)cc(CCCC)c2)=C1CCCC.[CH2-]C.[CH2-]C.[Ni+2]. The summed E-state index contributed by atoms with van der Waals surface area (Å²) >= 11 is 0. The molecule has 2 aromatic carbocycles. The van der Waals surface area contributed by atoms with E-state index in [0.717, 1.165) is 75.6 Å². The van der Waals surface area contributed by atoms with Crippen LogP contribution in [0.5, 0.6) is 0 Å². The van der Waals surface area contributed by atoms with Crippen molar-refractivity contribution >= 4 is 11.4 Å². The number of aryl methyl sites for hydroxylation is 4. The second-order valence-electron chi connectivity index (χ2n) is 12.7. The van der Waals surface area contributed by atoms with Crippen molar-refractivity contribution < 1.29 is 21.2 Å². The summed E-state index contributed by atoms with van der Waals surface area (Å²) in [5.41, 5.74) is 25.2. The van der Waals surface area contributed by atoms with Gasteiger partial charge in [-0.25, -0.2) is 4.70 Å². The van der Waals surface area contributed by atoms with E-state index in [2.05, 4.69) is 91.8 Å². The molecule has 3 rings (SSSR count). The molecule has 2 nitrogen and oxygen atoms in total. The Kier molecular flexibility index (Phi) is 25.8. The zero-order valence-electron chi connectivity index (χ0n) is 31.8. The van der Waals surface area contributed by atoms with Crippen LogP contribution in [0.15, 0.2) is 47.5 Å². The Bertz CT molecular complexity index is 1070. The van der Waals surface area contributed by atoms with Crippen molar-refractivity contribution in [2.75, 3.05) is 0 Å². The summed E-state index contributed by atoms with van der Waals surface area (Å²) in [5, 5.41) is 0. The molecule has 0 radical (unpaired) electrons. The maximum absolute atomic E-state index is 12.3. The first-order chi connectivity index (χ1) is 22.5. The molecule has 0 aromatic heterocycles. The summed E-state index contributed by atoms with van der Waals surface area (Å²) in [6.07, 6.45) is 20.7. The van der Waals surface area contributed by atoms with Crippen LogP contribution >= 0.6 is 0 Å². The number of unbranched alkanes of at least 4 members (excludes halogenated alkanes) is 6. The summed E-state index contributed by atoms with van der Waals surface area (Å²) in [5.74, 6) is 0. The number of rotatable bonds is 20. The number of hydrogen-bond donors (Lipinski definition) is 0. The Morgan fingerprint density at radius 2 is 0.660 bits per heavy atom. The largest absolute Gasteiger partial charge is 2.00 e. The molecule has 47 heavy (non-hydrogen) atoms. The molecular weight excluding hydrogens is 615 g/mol. The zero-order valence-corrected chi connectivity index (χ0v) is 32.8. The third-order valence-corrected chi connectivity index (χ3v) is 8.85. The summed E-state index contributed by atoms with van der Waals surface area (Å²) in [7, 11) is 0. The van der Waals surface area contributed by atoms with Gasteiger partial charge in [-0.1, -0.05) is 92.2 Å². The Balaban J connectivity index is 0.00000407. The average molecular weight is 686 g/mol. The van der Waals surface area contributed by atoms with Gasteiger partial charge in [-0.2, -0.15) is 13.8 Å². The van der Waals surface area contributed by atoms with Gasteiger partial charge in [0.1, 0.15) is 0 Å². The van der Waals surface area contributed by atoms with Crippen LogP contribution in [-0.4, -0.2) is 4.70 Å².